The van der Waals surface area contributed by atoms with Crippen LogP contribution in [-0.4, -0.2) is 10.6 Å². The van der Waals surface area contributed by atoms with Gasteiger partial charge in [-0.25, -0.2) is 0 Å². The Balaban J connectivity index is 3.05. The van der Waals surface area contributed by atoms with Crippen LogP contribution in [0.5, 0.6) is 0 Å². The summed E-state index contributed by atoms with van der Waals surface area (Å²) in [6.45, 7) is 2.26. The van der Waals surface area contributed by atoms with Crippen LogP contribution in [0.15, 0.2) is 0 Å². The van der Waals surface area contributed by atoms with E-state index in [-0.39, 0.29) is 5.78 Å². The minimum Gasteiger partial charge on any atom is -0.297 e. The number of ketones is 1. The summed E-state index contributed by atoms with van der Waals surface area (Å²) in [5.41, 5.74) is 0. The largest absolute Gasteiger partial charge is 0.297 e. The van der Waals surface area contributed by atoms with Crippen LogP contribution in [0.2, 0.25) is 0 Å². The number of rotatable bonds is 14. The van der Waals surface area contributed by atoms with Crippen molar-refractivity contribution in [3.63, 3.8) is 0 Å². The van der Waals surface area contributed by atoms with Crippen molar-refractivity contribution in [3.8, 4) is 0 Å². The molecule has 0 aromatic rings. The molecule has 0 radical (unpaired) electrons. The van der Waals surface area contributed by atoms with Gasteiger partial charge in [0.15, 0.2) is 10.6 Å². The number of Topliss-reactive ketones (excluding diaryl/α,β-unsaturated/α-hetero) is 1. The van der Waals surface area contributed by atoms with Crippen molar-refractivity contribution in [2.75, 3.05) is 0 Å². The number of carbonyl (C=O) groups excluding carboxylic acids is 1. The van der Waals surface area contributed by atoms with E-state index >= 15 is 0 Å². The predicted octanol–water partition coefficient (Wildman–Crippen LogP) is 6.45. The van der Waals surface area contributed by atoms with Gasteiger partial charge in [-0.2, -0.15) is 0 Å². The highest BCUT2D eigenvalue weighted by atomic mass is 35.5. The Morgan fingerprint density at radius 1 is 0.737 bits per heavy atom. The Bertz CT molecular complexity index is 205. The van der Waals surface area contributed by atoms with Crippen LogP contribution < -0.4 is 0 Å². The van der Waals surface area contributed by atoms with Gasteiger partial charge in [0, 0.05) is 6.42 Å². The molecule has 0 unspecified atom stereocenters. The molecule has 0 fully saturated rings. The van der Waals surface area contributed by atoms with Crippen molar-refractivity contribution in [1.29, 1.82) is 0 Å². The molecule has 114 valence electrons. The van der Waals surface area contributed by atoms with Crippen LogP contribution >= 0.6 is 23.2 Å². The highest BCUT2D eigenvalue weighted by molar-refractivity contribution is 6.53. The molecule has 0 aliphatic heterocycles. The molecule has 0 aliphatic rings. The van der Waals surface area contributed by atoms with E-state index < -0.39 is 4.84 Å². The van der Waals surface area contributed by atoms with Crippen molar-refractivity contribution in [2.45, 2.75) is 95.2 Å². The molecule has 0 aromatic heterocycles. The van der Waals surface area contributed by atoms with E-state index in [2.05, 4.69) is 6.92 Å². The van der Waals surface area contributed by atoms with Crippen molar-refractivity contribution in [3.05, 3.63) is 0 Å². The lowest BCUT2D eigenvalue weighted by Gasteiger charge is -2.03. The van der Waals surface area contributed by atoms with Gasteiger partial charge in [-0.15, -0.1) is 0 Å². The number of halogens is 2. The summed E-state index contributed by atoms with van der Waals surface area (Å²) in [6, 6.07) is 0. The fourth-order valence-corrected chi connectivity index (χ4v) is 2.47. The second kappa shape index (κ2) is 14.7. The van der Waals surface area contributed by atoms with Gasteiger partial charge in [-0.05, 0) is 6.42 Å². The van der Waals surface area contributed by atoms with Gasteiger partial charge in [0.2, 0.25) is 0 Å². The van der Waals surface area contributed by atoms with Gasteiger partial charge in [0.1, 0.15) is 0 Å². The Labute approximate surface area is 129 Å². The molecule has 0 saturated carbocycles. The molecule has 0 atom stereocenters. The Kier molecular flexibility index (Phi) is 14.8. The smallest absolute Gasteiger partial charge is 0.165 e. The number of hydrogen-bond acceptors (Lipinski definition) is 1. The molecule has 0 aliphatic carbocycles. The lowest BCUT2D eigenvalue weighted by Crippen LogP contribution is -2.06. The number of alkyl halides is 2. The third-order valence-electron chi connectivity index (χ3n) is 3.52. The molecule has 0 N–H and O–H groups in total. The predicted molar refractivity (Wildman–Crippen MR) is 86.2 cm³/mol. The van der Waals surface area contributed by atoms with Gasteiger partial charge >= 0.3 is 0 Å². The van der Waals surface area contributed by atoms with Gasteiger partial charge < -0.3 is 0 Å². The average Bonchev–Trinajstić information content (AvgIpc) is 2.39. The van der Waals surface area contributed by atoms with Crippen molar-refractivity contribution >= 4 is 29.0 Å². The van der Waals surface area contributed by atoms with E-state index in [1.54, 1.807) is 0 Å². The summed E-state index contributed by atoms with van der Waals surface area (Å²) in [7, 11) is 0. The second-order valence-electron chi connectivity index (χ2n) is 5.41. The van der Waals surface area contributed by atoms with E-state index in [9.17, 15) is 4.79 Å². The number of unbranched alkanes of at least 4 members (excludes halogenated alkanes) is 11. The fourth-order valence-electron chi connectivity index (χ4n) is 2.25. The van der Waals surface area contributed by atoms with Crippen molar-refractivity contribution in [2.24, 2.45) is 0 Å². The lowest BCUT2D eigenvalue weighted by atomic mass is 10.0. The SMILES string of the molecule is CCCCCCCCCCCCCCC(=O)C(Cl)Cl. The highest BCUT2D eigenvalue weighted by Crippen LogP contribution is 2.14. The minimum atomic E-state index is -0.826. The third kappa shape index (κ3) is 14.5. The van der Waals surface area contributed by atoms with Gasteiger partial charge in [-0.1, -0.05) is 101 Å². The van der Waals surface area contributed by atoms with Gasteiger partial charge in [0.25, 0.3) is 0 Å². The maximum Gasteiger partial charge on any atom is 0.165 e. The monoisotopic (exact) mass is 308 g/mol. The van der Waals surface area contributed by atoms with Crippen LogP contribution in [0.3, 0.4) is 0 Å². The normalized spacial score (nSPS) is 11.2. The molecule has 1 nitrogen and oxygen atoms in total. The van der Waals surface area contributed by atoms with E-state index in [4.69, 9.17) is 23.2 Å². The zero-order chi connectivity index (χ0) is 14.3. The molecule has 0 saturated heterocycles. The third-order valence-corrected chi connectivity index (χ3v) is 4.01. The zero-order valence-corrected chi connectivity index (χ0v) is 13.9. The molecule has 0 rings (SSSR count). The first-order valence-electron chi connectivity index (χ1n) is 7.99. The summed E-state index contributed by atoms with van der Waals surface area (Å²) < 4.78 is 0. The lowest BCUT2D eigenvalue weighted by molar-refractivity contribution is -0.117. The summed E-state index contributed by atoms with van der Waals surface area (Å²) >= 11 is 11.0. The average molecular weight is 309 g/mol. The van der Waals surface area contributed by atoms with Crippen molar-refractivity contribution < 1.29 is 4.79 Å². The molecule has 19 heavy (non-hydrogen) atoms. The van der Waals surface area contributed by atoms with Gasteiger partial charge in [0.05, 0.1) is 0 Å². The Morgan fingerprint density at radius 3 is 1.47 bits per heavy atom. The van der Waals surface area contributed by atoms with Crippen molar-refractivity contribution in [1.82, 2.24) is 0 Å². The maximum absolute atomic E-state index is 11.2. The minimum absolute atomic E-state index is 0.0320. The summed E-state index contributed by atoms with van der Waals surface area (Å²) in [5.74, 6) is -0.0320. The van der Waals surface area contributed by atoms with E-state index in [1.165, 1.54) is 64.2 Å². The van der Waals surface area contributed by atoms with Gasteiger partial charge in [-0.3, -0.25) is 4.79 Å². The van der Waals surface area contributed by atoms with Crippen LogP contribution in [0.25, 0.3) is 0 Å². The summed E-state index contributed by atoms with van der Waals surface area (Å²) in [6.07, 6.45) is 16.2. The first kappa shape index (κ1) is 19.2. The number of carbonyl (C=O) groups is 1. The fraction of sp³-hybridized carbons (Fsp3) is 0.938. The molecule has 3 heteroatoms. The van der Waals surface area contributed by atoms with Crippen LogP contribution in [0.4, 0.5) is 0 Å². The topological polar surface area (TPSA) is 17.1 Å². The summed E-state index contributed by atoms with van der Waals surface area (Å²) in [4.78, 5) is 10.3. The van der Waals surface area contributed by atoms with Crippen LogP contribution in [0, 0.1) is 0 Å². The quantitative estimate of drug-likeness (QED) is 0.266. The van der Waals surface area contributed by atoms with Crippen LogP contribution in [-0.2, 0) is 4.79 Å². The Morgan fingerprint density at radius 2 is 1.11 bits per heavy atom. The second-order valence-corrected chi connectivity index (χ2v) is 6.50. The van der Waals surface area contributed by atoms with Crippen LogP contribution in [0.1, 0.15) is 90.4 Å². The van der Waals surface area contributed by atoms with E-state index in [1.807, 2.05) is 0 Å². The molecule has 0 heterocycles. The summed E-state index contributed by atoms with van der Waals surface area (Å²) in [5, 5.41) is 0. The number of hydrogen-bond donors (Lipinski definition) is 0. The first-order chi connectivity index (χ1) is 9.18. The highest BCUT2D eigenvalue weighted by Gasteiger charge is 2.09. The standard InChI is InChI=1S/C16H30Cl2O/c1-2-3-4-5-6-7-8-9-10-11-12-13-14-15(19)16(17)18/h16H,2-14H2,1H3. The molecule has 0 spiro atoms. The molecular weight excluding hydrogens is 279 g/mol. The molecule has 0 bridgehead atoms. The van der Waals surface area contributed by atoms with E-state index in [0.29, 0.717) is 6.42 Å². The maximum atomic E-state index is 11.2. The Hall–Kier alpha value is 0.250. The molecule has 0 aromatic carbocycles. The molecule has 0 amide bonds. The zero-order valence-electron chi connectivity index (χ0n) is 12.4. The van der Waals surface area contributed by atoms with E-state index in [0.717, 1.165) is 12.8 Å². The first-order valence-corrected chi connectivity index (χ1v) is 8.86. The molecular formula is C16H30Cl2O.